The largest absolute Gasteiger partial charge is 0.508 e. The summed E-state index contributed by atoms with van der Waals surface area (Å²) in [7, 11) is 0. The van der Waals surface area contributed by atoms with Gasteiger partial charge in [-0.05, 0) is 6.92 Å². The molecule has 0 aliphatic carbocycles. The van der Waals surface area contributed by atoms with Crippen molar-refractivity contribution in [3.63, 3.8) is 0 Å². The molecule has 0 radical (unpaired) electrons. The summed E-state index contributed by atoms with van der Waals surface area (Å²) in [5, 5.41) is 48.3. The van der Waals surface area contributed by atoms with Gasteiger partial charge < -0.3 is 39.4 Å². The Hall–Kier alpha value is -2.33. The molecule has 9 nitrogen and oxygen atoms in total. The topological polar surface area (TPSA) is 150 Å². The van der Waals surface area contributed by atoms with Crippen LogP contribution in [-0.4, -0.2) is 56.2 Å². The molecule has 9 heteroatoms. The molecule has 0 saturated carbocycles. The van der Waals surface area contributed by atoms with Crippen LogP contribution in [0.5, 0.6) is 17.2 Å². The fourth-order valence-electron chi connectivity index (χ4n) is 2.52. The smallest absolute Gasteiger partial charge is 0.238 e. The van der Waals surface area contributed by atoms with Gasteiger partial charge in [0.15, 0.2) is 0 Å². The summed E-state index contributed by atoms with van der Waals surface area (Å²) >= 11 is 0. The Balaban J connectivity index is 1.96. The molecular formula is C15H16O9. The van der Waals surface area contributed by atoms with Crippen LogP contribution in [0, 0.1) is 0 Å². The van der Waals surface area contributed by atoms with E-state index in [9.17, 15) is 30.3 Å². The molecule has 24 heavy (non-hydrogen) atoms. The SMILES string of the molecule is C[C@@H]1O[C@@H](Oc2coc3cc(O)cc(O)c3c2=O)[C@H](O)[C@H](O)[C@H]1O. The summed E-state index contributed by atoms with van der Waals surface area (Å²) in [6, 6.07) is 2.12. The van der Waals surface area contributed by atoms with Gasteiger partial charge in [-0.3, -0.25) is 4.79 Å². The summed E-state index contributed by atoms with van der Waals surface area (Å²) in [4.78, 5) is 12.4. The highest BCUT2D eigenvalue weighted by Crippen LogP contribution is 2.30. The highest BCUT2D eigenvalue weighted by Gasteiger charge is 2.43. The Bertz CT molecular complexity index is 814. The Kier molecular flexibility index (Phi) is 4.10. The van der Waals surface area contributed by atoms with Gasteiger partial charge in [0.25, 0.3) is 0 Å². The first-order chi connectivity index (χ1) is 11.3. The number of fused-ring (bicyclic) bond motifs is 1. The molecule has 0 bridgehead atoms. The van der Waals surface area contributed by atoms with E-state index in [-0.39, 0.29) is 22.5 Å². The molecule has 0 unspecified atom stereocenters. The van der Waals surface area contributed by atoms with E-state index in [1.165, 1.54) is 6.92 Å². The van der Waals surface area contributed by atoms with Gasteiger partial charge in [0.1, 0.15) is 47.0 Å². The lowest BCUT2D eigenvalue weighted by molar-refractivity contribution is -0.268. The van der Waals surface area contributed by atoms with E-state index in [2.05, 4.69) is 0 Å². The summed E-state index contributed by atoms with van der Waals surface area (Å²) < 4.78 is 15.6. The number of benzene rings is 1. The predicted molar refractivity (Wildman–Crippen MR) is 78.8 cm³/mol. The lowest BCUT2D eigenvalue weighted by Gasteiger charge is -2.38. The minimum Gasteiger partial charge on any atom is -0.508 e. The maximum atomic E-state index is 12.4. The van der Waals surface area contributed by atoms with E-state index in [4.69, 9.17) is 13.9 Å². The van der Waals surface area contributed by atoms with Crippen LogP contribution in [0.2, 0.25) is 0 Å². The summed E-state index contributed by atoms with van der Waals surface area (Å²) in [6.45, 7) is 1.47. The van der Waals surface area contributed by atoms with Crippen molar-refractivity contribution in [2.45, 2.75) is 37.6 Å². The average molecular weight is 340 g/mol. The number of rotatable bonds is 2. The van der Waals surface area contributed by atoms with Crippen LogP contribution < -0.4 is 10.2 Å². The molecule has 1 aliphatic heterocycles. The number of aliphatic hydroxyl groups is 3. The number of aromatic hydroxyl groups is 2. The lowest BCUT2D eigenvalue weighted by Crippen LogP contribution is -2.58. The van der Waals surface area contributed by atoms with Crippen LogP contribution >= 0.6 is 0 Å². The van der Waals surface area contributed by atoms with Gasteiger partial charge >= 0.3 is 0 Å². The fourth-order valence-corrected chi connectivity index (χ4v) is 2.52. The molecular weight excluding hydrogens is 324 g/mol. The van der Waals surface area contributed by atoms with Crippen LogP contribution in [0.4, 0.5) is 0 Å². The number of phenols is 2. The number of ether oxygens (including phenoxy) is 2. The molecule has 2 aromatic rings. The maximum absolute atomic E-state index is 12.4. The van der Waals surface area contributed by atoms with Crippen molar-refractivity contribution in [2.24, 2.45) is 0 Å². The van der Waals surface area contributed by atoms with Gasteiger partial charge in [0.05, 0.1) is 6.10 Å². The van der Waals surface area contributed by atoms with Crippen LogP contribution in [0.1, 0.15) is 6.92 Å². The minimum atomic E-state index is -1.60. The van der Waals surface area contributed by atoms with Gasteiger partial charge in [-0.25, -0.2) is 0 Å². The second-order valence-electron chi connectivity index (χ2n) is 5.57. The molecule has 1 saturated heterocycles. The van der Waals surface area contributed by atoms with Crippen molar-refractivity contribution in [1.29, 1.82) is 0 Å². The molecule has 0 amide bonds. The second-order valence-corrected chi connectivity index (χ2v) is 5.57. The van der Waals surface area contributed by atoms with Crippen LogP contribution in [-0.2, 0) is 4.74 Å². The van der Waals surface area contributed by atoms with Crippen LogP contribution in [0.15, 0.2) is 27.6 Å². The van der Waals surface area contributed by atoms with Crippen molar-refractivity contribution in [2.75, 3.05) is 0 Å². The van der Waals surface area contributed by atoms with E-state index in [1.54, 1.807) is 0 Å². The van der Waals surface area contributed by atoms with E-state index in [1.807, 2.05) is 0 Å². The van der Waals surface area contributed by atoms with Gasteiger partial charge in [0, 0.05) is 12.1 Å². The van der Waals surface area contributed by atoms with Crippen LogP contribution in [0.25, 0.3) is 11.0 Å². The number of phenolic OH excluding ortho intramolecular Hbond substituents is 2. The number of hydrogen-bond acceptors (Lipinski definition) is 9. The summed E-state index contributed by atoms with van der Waals surface area (Å²) in [5.41, 5.74) is -0.809. The minimum absolute atomic E-state index is 0.0567. The third kappa shape index (κ3) is 2.67. The normalized spacial score (nSPS) is 30.4. The van der Waals surface area contributed by atoms with Gasteiger partial charge in [-0.15, -0.1) is 0 Å². The molecule has 3 rings (SSSR count). The first-order valence-electron chi connectivity index (χ1n) is 7.13. The first kappa shape index (κ1) is 16.5. The first-order valence-corrected chi connectivity index (χ1v) is 7.13. The summed E-state index contributed by atoms with van der Waals surface area (Å²) in [6.07, 6.45) is -5.75. The number of hydrogen-bond donors (Lipinski definition) is 5. The highest BCUT2D eigenvalue weighted by atomic mass is 16.7. The molecule has 130 valence electrons. The van der Waals surface area contributed by atoms with Crippen molar-refractivity contribution in [3.05, 3.63) is 28.6 Å². The molecule has 0 spiro atoms. The predicted octanol–water partition coefficient (Wildman–Crippen LogP) is -0.589. The lowest BCUT2D eigenvalue weighted by atomic mass is 10.00. The van der Waals surface area contributed by atoms with Crippen molar-refractivity contribution >= 4 is 11.0 Å². The number of aliphatic hydroxyl groups excluding tert-OH is 3. The van der Waals surface area contributed by atoms with Crippen LogP contribution in [0.3, 0.4) is 0 Å². The Morgan fingerprint density at radius 2 is 1.79 bits per heavy atom. The Morgan fingerprint density at radius 1 is 1.08 bits per heavy atom. The quantitative estimate of drug-likeness (QED) is 0.483. The molecule has 1 aromatic heterocycles. The van der Waals surface area contributed by atoms with Gasteiger partial charge in [0.2, 0.25) is 17.5 Å². The third-order valence-corrected chi connectivity index (χ3v) is 3.86. The van der Waals surface area contributed by atoms with E-state index >= 15 is 0 Å². The van der Waals surface area contributed by atoms with Crippen molar-refractivity contribution in [3.8, 4) is 17.2 Å². The zero-order chi connectivity index (χ0) is 17.6. The Labute approximate surface area is 134 Å². The molecule has 5 N–H and O–H groups in total. The fraction of sp³-hybridized carbons (Fsp3) is 0.400. The van der Waals surface area contributed by atoms with Gasteiger partial charge in [-0.2, -0.15) is 0 Å². The summed E-state index contributed by atoms with van der Waals surface area (Å²) in [5.74, 6) is -1.16. The van der Waals surface area contributed by atoms with E-state index in [0.29, 0.717) is 0 Å². The third-order valence-electron chi connectivity index (χ3n) is 3.86. The zero-order valence-electron chi connectivity index (χ0n) is 12.5. The van der Waals surface area contributed by atoms with E-state index < -0.39 is 41.9 Å². The molecule has 1 fully saturated rings. The average Bonchev–Trinajstić information content (AvgIpc) is 2.52. The van der Waals surface area contributed by atoms with Crippen molar-refractivity contribution in [1.82, 2.24) is 0 Å². The molecule has 1 aliphatic rings. The van der Waals surface area contributed by atoms with Crippen molar-refractivity contribution < 1.29 is 39.4 Å². The maximum Gasteiger partial charge on any atom is 0.238 e. The zero-order valence-corrected chi connectivity index (χ0v) is 12.5. The molecule has 5 atom stereocenters. The molecule has 1 aromatic carbocycles. The molecule has 2 heterocycles. The Morgan fingerprint density at radius 3 is 2.50 bits per heavy atom. The highest BCUT2D eigenvalue weighted by molar-refractivity contribution is 5.85. The standard InChI is InChI=1S/C15H16O9/c1-5-11(18)13(20)14(21)15(23-5)24-9-4-22-8-3-6(16)2-7(17)10(8)12(9)19/h2-5,11,13-18,20-21H,1H3/t5-,11-,13+,14+,15-/m0/s1. The monoisotopic (exact) mass is 340 g/mol. The second kappa shape index (κ2) is 5.95. The van der Waals surface area contributed by atoms with Gasteiger partial charge in [-0.1, -0.05) is 0 Å². The van der Waals surface area contributed by atoms with E-state index in [0.717, 1.165) is 18.4 Å².